The molecule has 366 valence electrons. The van der Waals surface area contributed by atoms with Gasteiger partial charge >= 0.3 is 6.09 Å². The van der Waals surface area contributed by atoms with Crippen LogP contribution in [0.15, 0.2) is 119 Å². The molecule has 18 nitrogen and oxygen atoms in total. The van der Waals surface area contributed by atoms with Crippen LogP contribution in [0.1, 0.15) is 64.6 Å². The summed E-state index contributed by atoms with van der Waals surface area (Å²) in [6.45, 7) is 4.87. The van der Waals surface area contributed by atoms with Crippen molar-refractivity contribution in [1.29, 1.82) is 0 Å². The Morgan fingerprint density at radius 1 is 0.843 bits per heavy atom. The molecule has 1 fully saturated rings. The van der Waals surface area contributed by atoms with Crippen molar-refractivity contribution in [1.82, 2.24) is 39.0 Å². The molecule has 21 heteroatoms. The number of methoxy groups -OCH3 is 3. The Morgan fingerprint density at radius 2 is 1.36 bits per heavy atom. The Kier molecular flexibility index (Phi) is 14.6. The molecule has 2 aliphatic rings. The maximum atomic E-state index is 15.9. The molecule has 2 aliphatic heterocycles. The number of ether oxygens (including phenoxy) is 3. The summed E-state index contributed by atoms with van der Waals surface area (Å²) in [5.74, 6) is 0.786. The predicted octanol–water partition coefficient (Wildman–Crippen LogP) is 6.86. The summed E-state index contributed by atoms with van der Waals surface area (Å²) in [6.07, 6.45) is -1.31. The second kappa shape index (κ2) is 20.3. The zero-order chi connectivity index (χ0) is 50.1. The fourth-order valence-corrected chi connectivity index (χ4v) is 13.2. The lowest BCUT2D eigenvalue weighted by molar-refractivity contribution is 0.00664. The number of sulfonamides is 1. The Bertz CT molecular complexity index is 2940. The van der Waals surface area contributed by atoms with E-state index < -0.39 is 56.3 Å². The molecule has 2 N–H and O–H groups in total. The van der Waals surface area contributed by atoms with Gasteiger partial charge in [0.1, 0.15) is 17.2 Å². The molecule has 0 saturated carbocycles. The van der Waals surface area contributed by atoms with Crippen molar-refractivity contribution in [3.05, 3.63) is 141 Å². The van der Waals surface area contributed by atoms with Crippen LogP contribution in [-0.2, 0) is 41.0 Å². The maximum Gasteiger partial charge on any atom is 0.407 e. The van der Waals surface area contributed by atoms with Crippen LogP contribution in [-0.4, -0.2) is 116 Å². The van der Waals surface area contributed by atoms with Gasteiger partial charge in [-0.2, -0.15) is 4.31 Å². The van der Waals surface area contributed by atoms with Crippen LogP contribution in [0.4, 0.5) is 4.79 Å². The number of tetrazole rings is 1. The second-order valence-electron chi connectivity index (χ2n) is 17.9. The smallest absolute Gasteiger partial charge is 0.407 e. The van der Waals surface area contributed by atoms with Crippen LogP contribution >= 0.6 is 22.6 Å². The van der Waals surface area contributed by atoms with Gasteiger partial charge < -0.3 is 23.9 Å². The lowest BCUT2D eigenvalue weighted by Crippen LogP contribution is -2.61. The number of fused-ring (bicyclic) bond motifs is 1. The van der Waals surface area contributed by atoms with Crippen LogP contribution in [0.5, 0.6) is 17.2 Å². The standard InChI is InChI=1S/C49H51IN8O10S2/c1-48(2,3)49(30-56-45(59)38-9-7-8-10-39(38)46(56)60)25-34(29-57(49)47(61)62)52-69(63)41-24-23-40(50)42(44-51-53-54-58(44)28-33-15-21-37(68-6)22-16-33)43(41)70(64,65)55(26-31-11-17-35(66-4)18-12-31)27-32-13-19-36(67-5)20-14-32/h7-24,34,52H,25-30H2,1-6H3,(H,61,62)/t34-,49-,69?/m1/s1. The van der Waals surface area contributed by atoms with Crippen LogP contribution in [0, 0.1) is 8.99 Å². The highest BCUT2D eigenvalue weighted by molar-refractivity contribution is 14.1. The number of carbonyl (C=O) groups is 3. The van der Waals surface area contributed by atoms with Crippen LogP contribution in [0.3, 0.4) is 0 Å². The average Bonchev–Trinajstić information content (AvgIpc) is 4.03. The van der Waals surface area contributed by atoms with E-state index in [1.807, 2.05) is 55.5 Å². The lowest BCUT2D eigenvalue weighted by atomic mass is 9.71. The zero-order valence-corrected chi connectivity index (χ0v) is 42.9. The molecule has 0 aliphatic carbocycles. The van der Waals surface area contributed by atoms with Crippen LogP contribution in [0.2, 0.25) is 0 Å². The quantitative estimate of drug-likeness (QED) is 0.0542. The molecule has 6 aromatic rings. The first kappa shape index (κ1) is 50.3. The maximum absolute atomic E-state index is 15.9. The predicted molar refractivity (Wildman–Crippen MR) is 267 cm³/mol. The average molecular weight is 1100 g/mol. The van der Waals surface area contributed by atoms with Crippen LogP contribution in [0.25, 0.3) is 11.4 Å². The fourth-order valence-electron chi connectivity index (χ4n) is 9.04. The number of hydrogen-bond donors (Lipinski definition) is 2. The minimum absolute atomic E-state index is 0.00241. The van der Waals surface area contributed by atoms with Crippen molar-refractivity contribution in [3.63, 3.8) is 0 Å². The van der Waals surface area contributed by atoms with Gasteiger partial charge in [-0.25, -0.2) is 17.9 Å². The normalized spacial score (nSPS) is 17.5. The summed E-state index contributed by atoms with van der Waals surface area (Å²) in [4.78, 5) is 42.6. The number of benzene rings is 5. The molecule has 8 rings (SSSR count). The van der Waals surface area contributed by atoms with Gasteiger partial charge in [0.25, 0.3) is 11.8 Å². The number of nitrogens with one attached hydrogen (secondary N) is 1. The van der Waals surface area contributed by atoms with Crippen LogP contribution < -0.4 is 18.9 Å². The van der Waals surface area contributed by atoms with E-state index in [1.54, 1.807) is 98.1 Å². The van der Waals surface area contributed by atoms with Gasteiger partial charge in [0.15, 0.2) is 15.6 Å². The Labute approximate surface area is 422 Å². The van der Waals surface area contributed by atoms with E-state index in [0.717, 1.165) is 10.5 Å². The third kappa shape index (κ3) is 9.82. The molecule has 3 atom stereocenters. The topological polar surface area (TPSA) is 222 Å². The zero-order valence-electron chi connectivity index (χ0n) is 39.2. The SMILES string of the molecule is COc1ccc(CN(Cc2ccc(OC)cc2)S(=O)(=O)c2c([S+]([O-])N[C@H]3CN(C(=O)O)[C@](CN4C(=O)c5ccccc5C4=O)(C(C)(C)C)C3)ccc(I)c2-c2nnnn2Cc2ccc(OC)cc2)cc1. The van der Waals surface area contributed by atoms with Gasteiger partial charge in [0.05, 0.1) is 74.1 Å². The largest absolute Gasteiger partial charge is 0.593 e. The van der Waals surface area contributed by atoms with Crippen molar-refractivity contribution in [2.45, 2.75) is 68.2 Å². The summed E-state index contributed by atoms with van der Waals surface area (Å²) < 4.78 is 69.6. The molecular formula is C49H51IN8O10S2. The van der Waals surface area contributed by atoms with E-state index in [-0.39, 0.29) is 71.5 Å². The third-order valence-corrected chi connectivity index (χ3v) is 17.0. The number of halogens is 1. The van der Waals surface area contributed by atoms with Gasteiger partial charge in [0, 0.05) is 23.2 Å². The number of amides is 3. The molecule has 0 bridgehead atoms. The van der Waals surface area contributed by atoms with Gasteiger partial charge in [-0.1, -0.05) is 69.3 Å². The van der Waals surface area contributed by atoms with Gasteiger partial charge in [-0.15, -0.1) is 9.82 Å². The molecule has 0 radical (unpaired) electrons. The number of carboxylic acid groups (broad SMARTS) is 1. The van der Waals surface area contributed by atoms with Crippen molar-refractivity contribution in [2.24, 2.45) is 5.41 Å². The third-order valence-electron chi connectivity index (χ3n) is 12.9. The van der Waals surface area contributed by atoms with Gasteiger partial charge in [0.2, 0.25) is 10.0 Å². The first-order chi connectivity index (χ1) is 33.4. The van der Waals surface area contributed by atoms with E-state index in [1.165, 1.54) is 34.2 Å². The molecule has 1 unspecified atom stereocenters. The minimum Gasteiger partial charge on any atom is -0.593 e. The van der Waals surface area contributed by atoms with E-state index in [9.17, 15) is 19.5 Å². The molecule has 3 amide bonds. The van der Waals surface area contributed by atoms with Gasteiger partial charge in [-0.05, 0) is 122 Å². The Hall–Kier alpha value is -6.11. The monoisotopic (exact) mass is 1100 g/mol. The summed E-state index contributed by atoms with van der Waals surface area (Å²) in [5, 5.41) is 23.5. The summed E-state index contributed by atoms with van der Waals surface area (Å²) >= 11 is -0.344. The molecule has 70 heavy (non-hydrogen) atoms. The number of nitrogens with zero attached hydrogens (tertiary/aromatic N) is 7. The van der Waals surface area contributed by atoms with E-state index in [2.05, 4.69) is 20.2 Å². The Balaban J connectivity index is 1.23. The van der Waals surface area contributed by atoms with Crippen molar-refractivity contribution in [3.8, 4) is 28.6 Å². The number of carbonyl (C=O) groups excluding carboxylic acids is 2. The van der Waals surface area contributed by atoms with Gasteiger partial charge in [-0.3, -0.25) is 19.4 Å². The van der Waals surface area contributed by atoms with E-state index >= 15 is 13.0 Å². The molecule has 0 spiro atoms. The summed E-state index contributed by atoms with van der Waals surface area (Å²) in [6, 6.07) is 29.9. The molecule has 1 saturated heterocycles. The Morgan fingerprint density at radius 3 is 1.84 bits per heavy atom. The highest BCUT2D eigenvalue weighted by Crippen LogP contribution is 2.46. The number of hydrogen-bond acceptors (Lipinski definition) is 13. The number of imide groups is 1. The molecule has 1 aromatic heterocycles. The lowest BCUT2D eigenvalue weighted by Gasteiger charge is -2.48. The number of aromatic nitrogens is 4. The fraction of sp³-hybridized carbons (Fsp3) is 0.306. The molecule has 5 aromatic carbocycles. The highest BCUT2D eigenvalue weighted by Gasteiger charge is 2.58. The van der Waals surface area contributed by atoms with Crippen molar-refractivity contribution in [2.75, 3.05) is 34.4 Å². The van der Waals surface area contributed by atoms with Crippen molar-refractivity contribution >= 4 is 61.9 Å². The van der Waals surface area contributed by atoms with E-state index in [0.29, 0.717) is 31.9 Å². The highest BCUT2D eigenvalue weighted by atomic mass is 127. The second-order valence-corrected chi connectivity index (χ2v) is 22.2. The van der Waals surface area contributed by atoms with E-state index in [4.69, 9.17) is 14.2 Å². The molecular weight excluding hydrogens is 1050 g/mol. The minimum atomic E-state index is -4.72. The first-order valence-electron chi connectivity index (χ1n) is 22.0. The first-order valence-corrected chi connectivity index (χ1v) is 25.7. The number of likely N-dealkylation sites (tertiary alicyclic amines) is 1. The number of rotatable bonds is 17. The summed E-state index contributed by atoms with van der Waals surface area (Å²) in [5.41, 5.74) is 0.318. The summed E-state index contributed by atoms with van der Waals surface area (Å²) in [7, 11) is -0.0866. The molecule has 3 heterocycles. The van der Waals surface area contributed by atoms with Crippen molar-refractivity contribution < 1.29 is 46.7 Å².